The van der Waals surface area contributed by atoms with Crippen molar-refractivity contribution in [3.63, 3.8) is 0 Å². The third-order valence-electron chi connectivity index (χ3n) is 3.38. The molecular weight excluding hydrogens is 467 g/mol. The van der Waals surface area contributed by atoms with E-state index in [2.05, 4.69) is 20.6 Å². The van der Waals surface area contributed by atoms with Gasteiger partial charge in [-0.05, 0) is 43.5 Å². The van der Waals surface area contributed by atoms with E-state index in [1.807, 2.05) is 25.1 Å². The minimum atomic E-state index is 0. The molecule has 8 heteroatoms. The zero-order valence-corrected chi connectivity index (χ0v) is 18.0. The van der Waals surface area contributed by atoms with Crippen molar-refractivity contribution < 1.29 is 9.15 Å². The Morgan fingerprint density at radius 3 is 2.88 bits per heavy atom. The summed E-state index contributed by atoms with van der Waals surface area (Å²) < 4.78 is 10.8. The van der Waals surface area contributed by atoms with E-state index in [0.29, 0.717) is 24.9 Å². The van der Waals surface area contributed by atoms with Gasteiger partial charge in [-0.1, -0.05) is 17.7 Å². The second-order valence-electron chi connectivity index (χ2n) is 5.41. The quantitative estimate of drug-likeness (QED) is 0.174. The minimum absolute atomic E-state index is 0. The number of nitrogens with one attached hydrogen (secondary N) is 2. The average molecular weight is 493 g/mol. The van der Waals surface area contributed by atoms with Crippen LogP contribution in [0.25, 0.3) is 0 Å². The highest BCUT2D eigenvalue weighted by Gasteiger charge is 1.99. The van der Waals surface area contributed by atoms with Crippen LogP contribution in [0, 0.1) is 0 Å². The van der Waals surface area contributed by atoms with Crippen LogP contribution in [0.4, 0.5) is 0 Å². The number of pyridine rings is 1. The molecule has 2 aromatic heterocycles. The van der Waals surface area contributed by atoms with Crippen molar-refractivity contribution in [1.29, 1.82) is 0 Å². The smallest absolute Gasteiger partial charge is 0.191 e. The molecule has 2 heterocycles. The molecule has 0 aliphatic rings. The number of ether oxygens (including phenoxy) is 1. The molecule has 26 heavy (non-hydrogen) atoms. The fourth-order valence-electron chi connectivity index (χ4n) is 2.15. The monoisotopic (exact) mass is 492 g/mol. The molecule has 6 nitrogen and oxygen atoms in total. The standard InChI is InChI=1S/C18H25ClN4O2.HI/c1-2-20-18(22-10-8-15-6-7-17(19)23-13-15)21-9-4-11-24-14-16-5-3-12-25-16;/h3,5-7,12-13H,2,4,8-11,14H2,1H3,(H2,20,21,22);1H. The molecule has 2 N–H and O–H groups in total. The molecule has 0 atom stereocenters. The largest absolute Gasteiger partial charge is 0.467 e. The van der Waals surface area contributed by atoms with E-state index in [-0.39, 0.29) is 24.0 Å². The highest BCUT2D eigenvalue weighted by atomic mass is 127. The van der Waals surface area contributed by atoms with Crippen molar-refractivity contribution >= 4 is 41.5 Å². The first-order valence-electron chi connectivity index (χ1n) is 8.50. The number of hydrogen-bond acceptors (Lipinski definition) is 4. The predicted octanol–water partition coefficient (Wildman–Crippen LogP) is 3.65. The summed E-state index contributed by atoms with van der Waals surface area (Å²) in [5.41, 5.74) is 1.14. The zero-order valence-electron chi connectivity index (χ0n) is 14.9. The molecule has 0 saturated carbocycles. The molecule has 2 rings (SSSR count). The lowest BCUT2D eigenvalue weighted by molar-refractivity contribution is 0.105. The van der Waals surface area contributed by atoms with Crippen LogP contribution in [0.2, 0.25) is 5.15 Å². The van der Waals surface area contributed by atoms with E-state index < -0.39 is 0 Å². The van der Waals surface area contributed by atoms with Crippen LogP contribution in [0.3, 0.4) is 0 Å². The zero-order chi connectivity index (χ0) is 17.7. The van der Waals surface area contributed by atoms with Gasteiger partial charge in [-0.2, -0.15) is 0 Å². The molecule has 0 bridgehead atoms. The predicted molar refractivity (Wildman–Crippen MR) is 115 cm³/mol. The van der Waals surface area contributed by atoms with E-state index in [1.54, 1.807) is 18.5 Å². The molecule has 0 aliphatic carbocycles. The Morgan fingerprint density at radius 1 is 1.31 bits per heavy atom. The molecule has 2 aromatic rings. The Bertz CT molecular complexity index is 621. The van der Waals surface area contributed by atoms with E-state index >= 15 is 0 Å². The second kappa shape index (κ2) is 13.8. The lowest BCUT2D eigenvalue weighted by atomic mass is 10.2. The normalized spacial score (nSPS) is 11.1. The van der Waals surface area contributed by atoms with Gasteiger partial charge in [0.25, 0.3) is 0 Å². The summed E-state index contributed by atoms with van der Waals surface area (Å²) in [5.74, 6) is 1.66. The van der Waals surface area contributed by atoms with Gasteiger partial charge in [-0.3, -0.25) is 4.99 Å². The maximum Gasteiger partial charge on any atom is 0.191 e. The summed E-state index contributed by atoms with van der Waals surface area (Å²) >= 11 is 5.79. The van der Waals surface area contributed by atoms with E-state index in [9.17, 15) is 0 Å². The van der Waals surface area contributed by atoms with Crippen LogP contribution < -0.4 is 10.6 Å². The summed E-state index contributed by atoms with van der Waals surface area (Å²) in [6.07, 6.45) is 5.17. The Kier molecular flexibility index (Phi) is 12.1. The molecule has 0 fully saturated rings. The van der Waals surface area contributed by atoms with Gasteiger partial charge in [-0.25, -0.2) is 4.98 Å². The van der Waals surface area contributed by atoms with Gasteiger partial charge >= 0.3 is 0 Å². The number of nitrogens with zero attached hydrogens (tertiary/aromatic N) is 2. The highest BCUT2D eigenvalue weighted by Crippen LogP contribution is 2.05. The molecule has 0 aliphatic heterocycles. The fraction of sp³-hybridized carbons (Fsp3) is 0.444. The van der Waals surface area contributed by atoms with Crippen LogP contribution in [-0.4, -0.2) is 37.2 Å². The van der Waals surface area contributed by atoms with Gasteiger partial charge < -0.3 is 19.8 Å². The van der Waals surface area contributed by atoms with Gasteiger partial charge in [0.05, 0.1) is 6.26 Å². The van der Waals surface area contributed by atoms with Crippen molar-refractivity contribution in [2.75, 3.05) is 26.2 Å². The molecule has 144 valence electrons. The van der Waals surface area contributed by atoms with Crippen LogP contribution in [0.5, 0.6) is 0 Å². The molecule has 0 aromatic carbocycles. The van der Waals surface area contributed by atoms with Gasteiger partial charge in [0.1, 0.15) is 17.5 Å². The minimum Gasteiger partial charge on any atom is -0.467 e. The number of rotatable bonds is 10. The first kappa shape index (κ1) is 22.7. The Hall–Kier alpha value is -1.32. The summed E-state index contributed by atoms with van der Waals surface area (Å²) in [5, 5.41) is 7.07. The van der Waals surface area contributed by atoms with E-state index in [0.717, 1.165) is 43.2 Å². The van der Waals surface area contributed by atoms with Crippen molar-refractivity contribution in [3.05, 3.63) is 53.2 Å². The Balaban J connectivity index is 0.00000338. The molecule has 0 radical (unpaired) electrons. The third kappa shape index (κ3) is 9.40. The number of furan rings is 1. The maximum absolute atomic E-state index is 5.79. The molecule has 0 saturated heterocycles. The van der Waals surface area contributed by atoms with Crippen LogP contribution in [0.15, 0.2) is 46.1 Å². The second-order valence-corrected chi connectivity index (χ2v) is 5.80. The molecule has 0 unspecified atom stereocenters. The number of halogens is 2. The summed E-state index contributed by atoms with van der Waals surface area (Å²) in [4.78, 5) is 8.63. The van der Waals surface area contributed by atoms with Crippen LogP contribution >= 0.6 is 35.6 Å². The van der Waals surface area contributed by atoms with Crippen molar-refractivity contribution in [2.45, 2.75) is 26.4 Å². The van der Waals surface area contributed by atoms with Gasteiger partial charge in [0, 0.05) is 32.4 Å². The third-order valence-corrected chi connectivity index (χ3v) is 3.60. The van der Waals surface area contributed by atoms with Crippen molar-refractivity contribution in [2.24, 2.45) is 4.99 Å². The summed E-state index contributed by atoms with van der Waals surface area (Å²) in [7, 11) is 0. The van der Waals surface area contributed by atoms with Crippen LogP contribution in [0.1, 0.15) is 24.7 Å². The molecular formula is C18H26ClIN4O2. The Labute approximate surface area is 176 Å². The summed E-state index contributed by atoms with van der Waals surface area (Å²) in [6.45, 7) is 5.51. The summed E-state index contributed by atoms with van der Waals surface area (Å²) in [6, 6.07) is 7.55. The topological polar surface area (TPSA) is 71.7 Å². The number of guanidine groups is 1. The SMILES string of the molecule is CCNC(=NCCCOCc1ccco1)NCCc1ccc(Cl)nc1.I. The van der Waals surface area contributed by atoms with Gasteiger partial charge in [-0.15, -0.1) is 24.0 Å². The number of aliphatic imine (C=N–C) groups is 1. The van der Waals surface area contributed by atoms with Gasteiger partial charge in [0.2, 0.25) is 0 Å². The van der Waals surface area contributed by atoms with Gasteiger partial charge in [0.15, 0.2) is 5.96 Å². The highest BCUT2D eigenvalue weighted by molar-refractivity contribution is 14.0. The first-order chi connectivity index (χ1) is 12.3. The number of aromatic nitrogens is 1. The fourth-order valence-corrected chi connectivity index (χ4v) is 2.26. The van der Waals surface area contributed by atoms with E-state index in [1.165, 1.54) is 0 Å². The molecule has 0 spiro atoms. The lowest BCUT2D eigenvalue weighted by Crippen LogP contribution is -2.38. The maximum atomic E-state index is 5.79. The lowest BCUT2D eigenvalue weighted by Gasteiger charge is -2.11. The van der Waals surface area contributed by atoms with Crippen LogP contribution in [-0.2, 0) is 17.8 Å². The first-order valence-corrected chi connectivity index (χ1v) is 8.88. The van der Waals surface area contributed by atoms with Crippen molar-refractivity contribution in [3.8, 4) is 0 Å². The van der Waals surface area contributed by atoms with E-state index in [4.69, 9.17) is 20.8 Å². The average Bonchev–Trinajstić information content (AvgIpc) is 3.13. The van der Waals surface area contributed by atoms with Crippen molar-refractivity contribution in [1.82, 2.24) is 15.6 Å². The number of hydrogen-bond donors (Lipinski definition) is 2. The Morgan fingerprint density at radius 2 is 2.19 bits per heavy atom. The molecule has 0 amide bonds.